The van der Waals surface area contributed by atoms with E-state index in [1.54, 1.807) is 0 Å². The summed E-state index contributed by atoms with van der Waals surface area (Å²) in [6, 6.07) is 0.140. The molecule has 22 heavy (non-hydrogen) atoms. The number of alkyl halides is 1. The van der Waals surface area contributed by atoms with Crippen molar-refractivity contribution in [3.05, 3.63) is 0 Å². The minimum absolute atomic E-state index is 0.0457. The van der Waals surface area contributed by atoms with Crippen molar-refractivity contribution in [2.24, 2.45) is 22.6 Å². The molecule has 2 saturated carbocycles. The van der Waals surface area contributed by atoms with Crippen molar-refractivity contribution < 1.29 is 9.84 Å². The van der Waals surface area contributed by atoms with E-state index in [0.29, 0.717) is 5.84 Å². The van der Waals surface area contributed by atoms with Crippen molar-refractivity contribution in [2.45, 2.75) is 88.0 Å². The van der Waals surface area contributed by atoms with Crippen LogP contribution in [0.2, 0.25) is 0 Å². The molecule has 6 unspecified atom stereocenters. The molecule has 0 spiro atoms. The molecule has 6 atom stereocenters. The van der Waals surface area contributed by atoms with Crippen molar-refractivity contribution in [3.8, 4) is 0 Å². The molecule has 0 radical (unpaired) electrons. The Morgan fingerprint density at radius 3 is 2.68 bits per heavy atom. The third-order valence-electron chi connectivity index (χ3n) is 5.75. The predicted molar refractivity (Wildman–Crippen MR) is 89.3 cm³/mol. The Morgan fingerprint density at radius 1 is 1.23 bits per heavy atom. The zero-order valence-electron chi connectivity index (χ0n) is 13.7. The van der Waals surface area contributed by atoms with Crippen LogP contribution in [-0.2, 0) is 4.74 Å². The van der Waals surface area contributed by atoms with Crippen LogP contribution in [0.25, 0.3) is 0 Å². The van der Waals surface area contributed by atoms with E-state index in [1.165, 1.54) is 0 Å². The number of nitrogens with two attached hydrogens (primary N) is 1. The van der Waals surface area contributed by atoms with Gasteiger partial charge in [-0.1, -0.05) is 12.8 Å². The van der Waals surface area contributed by atoms with Crippen molar-refractivity contribution >= 4 is 17.4 Å². The Balaban J connectivity index is 1.87. The summed E-state index contributed by atoms with van der Waals surface area (Å²) in [5, 5.41) is 11.7. The predicted octanol–water partition coefficient (Wildman–Crippen LogP) is 2.85. The fraction of sp³-hybridized carbons (Fsp3) is 0.941. The van der Waals surface area contributed by atoms with E-state index in [0.717, 1.165) is 44.9 Å². The van der Waals surface area contributed by atoms with Crippen molar-refractivity contribution in [1.82, 2.24) is 0 Å². The number of rotatable bonds is 3. The van der Waals surface area contributed by atoms with Gasteiger partial charge in [-0.25, -0.2) is 0 Å². The van der Waals surface area contributed by atoms with Gasteiger partial charge in [-0.2, -0.15) is 0 Å². The van der Waals surface area contributed by atoms with Gasteiger partial charge in [0, 0.05) is 17.2 Å². The van der Waals surface area contributed by atoms with E-state index in [-0.39, 0.29) is 35.5 Å². The summed E-state index contributed by atoms with van der Waals surface area (Å²) in [7, 11) is 0. The number of halogens is 1. The molecule has 3 N–H and O–H groups in total. The molecule has 126 valence electrons. The van der Waals surface area contributed by atoms with Crippen molar-refractivity contribution in [3.63, 3.8) is 0 Å². The molecule has 1 aliphatic heterocycles. The largest absolute Gasteiger partial charge is 0.385 e. The number of ether oxygens (including phenoxy) is 1. The number of nitrogens with zero attached hydrogens (tertiary/aromatic N) is 1. The smallest absolute Gasteiger partial charge is 0.131 e. The third kappa shape index (κ3) is 2.78. The van der Waals surface area contributed by atoms with Gasteiger partial charge in [-0.15, -0.1) is 11.6 Å². The summed E-state index contributed by atoms with van der Waals surface area (Å²) in [6.07, 6.45) is 7.18. The zero-order valence-corrected chi connectivity index (χ0v) is 14.4. The second-order valence-corrected chi connectivity index (χ2v) is 8.16. The number of hydrogen-bond acceptors (Lipinski definition) is 4. The molecule has 0 aromatic carbocycles. The molecule has 0 aromatic heterocycles. The zero-order chi connectivity index (χ0) is 15.9. The average molecular weight is 329 g/mol. The van der Waals surface area contributed by atoms with E-state index in [1.807, 2.05) is 0 Å². The molecule has 1 heterocycles. The Morgan fingerprint density at radius 2 is 1.95 bits per heavy atom. The maximum atomic E-state index is 11.6. The molecule has 0 saturated heterocycles. The highest BCUT2D eigenvalue weighted by Gasteiger charge is 2.58. The molecule has 0 aromatic rings. The summed E-state index contributed by atoms with van der Waals surface area (Å²) in [4.78, 5) is 4.62. The van der Waals surface area contributed by atoms with Crippen LogP contribution in [0.1, 0.15) is 58.8 Å². The fourth-order valence-corrected chi connectivity index (χ4v) is 5.10. The highest BCUT2D eigenvalue weighted by Crippen LogP contribution is 2.49. The summed E-state index contributed by atoms with van der Waals surface area (Å²) in [6.45, 7) is 4.11. The first-order chi connectivity index (χ1) is 10.4. The monoisotopic (exact) mass is 328 g/mol. The molecule has 0 bridgehead atoms. The molecule has 3 aliphatic rings. The summed E-state index contributed by atoms with van der Waals surface area (Å²) < 4.78 is 6.13. The van der Waals surface area contributed by atoms with Gasteiger partial charge in [0.15, 0.2) is 0 Å². The lowest BCUT2D eigenvalue weighted by molar-refractivity contribution is -0.119. The Kier molecular flexibility index (Phi) is 4.73. The molecule has 4 nitrogen and oxygen atoms in total. The second-order valence-electron chi connectivity index (χ2n) is 7.54. The maximum absolute atomic E-state index is 11.6. The average Bonchev–Trinajstić information content (AvgIpc) is 2.72. The van der Waals surface area contributed by atoms with Crippen LogP contribution in [0, 0.1) is 11.8 Å². The highest BCUT2D eigenvalue weighted by molar-refractivity contribution is 6.20. The summed E-state index contributed by atoms with van der Waals surface area (Å²) >= 11 is 6.38. The van der Waals surface area contributed by atoms with Crippen LogP contribution in [0.3, 0.4) is 0 Å². The lowest BCUT2D eigenvalue weighted by Crippen LogP contribution is -2.59. The van der Waals surface area contributed by atoms with E-state index in [9.17, 15) is 5.11 Å². The number of fused-ring (bicyclic) bond motifs is 1. The second kappa shape index (κ2) is 6.29. The van der Waals surface area contributed by atoms with Gasteiger partial charge in [0.2, 0.25) is 0 Å². The van der Waals surface area contributed by atoms with Crippen molar-refractivity contribution in [2.75, 3.05) is 0 Å². The molecular weight excluding hydrogens is 300 g/mol. The number of aliphatic hydroxyl groups is 1. The topological polar surface area (TPSA) is 67.8 Å². The molecule has 2 fully saturated rings. The Labute approximate surface area is 138 Å². The van der Waals surface area contributed by atoms with Crippen LogP contribution in [-0.4, -0.2) is 40.2 Å². The number of hydrogen-bond donors (Lipinski definition) is 2. The first-order valence-electron chi connectivity index (χ1n) is 8.78. The van der Waals surface area contributed by atoms with Crippen LogP contribution in [0.4, 0.5) is 0 Å². The third-order valence-corrected chi connectivity index (χ3v) is 6.14. The van der Waals surface area contributed by atoms with E-state index in [2.05, 4.69) is 18.8 Å². The minimum atomic E-state index is -1.03. The number of amidine groups is 1. The quantitative estimate of drug-likeness (QED) is 0.783. The van der Waals surface area contributed by atoms with Crippen molar-refractivity contribution in [1.29, 1.82) is 0 Å². The number of aliphatic imine (C=N–C) groups is 1. The van der Waals surface area contributed by atoms with Crippen LogP contribution < -0.4 is 5.73 Å². The van der Waals surface area contributed by atoms with Gasteiger partial charge in [0.25, 0.3) is 0 Å². The van der Waals surface area contributed by atoms with Gasteiger partial charge in [0.1, 0.15) is 11.4 Å². The summed E-state index contributed by atoms with van der Waals surface area (Å²) in [5.74, 6) is 0.534. The molecule has 2 aliphatic carbocycles. The summed E-state index contributed by atoms with van der Waals surface area (Å²) in [5.41, 5.74) is 5.21. The lowest BCUT2D eigenvalue weighted by Gasteiger charge is -2.46. The SMILES string of the molecule is CC(C)OC1CCCCC1C1(O)C(N)=NC2CCC(Cl)CC21. The van der Waals surface area contributed by atoms with E-state index >= 15 is 0 Å². The van der Waals surface area contributed by atoms with Crippen LogP contribution in [0.5, 0.6) is 0 Å². The van der Waals surface area contributed by atoms with Gasteiger partial charge in [-0.05, 0) is 46.0 Å². The van der Waals surface area contributed by atoms with Crippen LogP contribution in [0.15, 0.2) is 4.99 Å². The Hall–Kier alpha value is -0.320. The van der Waals surface area contributed by atoms with Gasteiger partial charge in [-0.3, -0.25) is 4.99 Å². The normalized spacial score (nSPS) is 45.7. The van der Waals surface area contributed by atoms with E-state index in [4.69, 9.17) is 22.1 Å². The van der Waals surface area contributed by atoms with Gasteiger partial charge < -0.3 is 15.6 Å². The molecule has 3 rings (SSSR count). The standard InChI is InChI=1S/C17H29ClN2O2/c1-10(2)22-15-6-4-3-5-12(15)17(21)13-9-11(18)7-8-14(13)20-16(17)19/h10-15,21H,3-9H2,1-2H3,(H2,19,20). The molecule has 5 heteroatoms. The first-order valence-corrected chi connectivity index (χ1v) is 9.22. The minimum Gasteiger partial charge on any atom is -0.385 e. The molecular formula is C17H29ClN2O2. The Bertz CT molecular complexity index is 442. The molecule has 0 amide bonds. The fourth-order valence-electron chi connectivity index (χ4n) is 4.78. The van der Waals surface area contributed by atoms with Crippen LogP contribution >= 0.6 is 11.6 Å². The highest BCUT2D eigenvalue weighted by atomic mass is 35.5. The maximum Gasteiger partial charge on any atom is 0.131 e. The van der Waals surface area contributed by atoms with Gasteiger partial charge in [0.05, 0.1) is 18.2 Å². The van der Waals surface area contributed by atoms with E-state index < -0.39 is 5.60 Å². The lowest BCUT2D eigenvalue weighted by atomic mass is 9.65. The van der Waals surface area contributed by atoms with Gasteiger partial charge >= 0.3 is 0 Å². The first kappa shape index (κ1) is 16.5.